The monoisotopic (exact) mass is 802 g/mol. The first-order valence-corrected chi connectivity index (χ1v) is 21.9. The van der Waals surface area contributed by atoms with Crippen molar-refractivity contribution in [2.75, 3.05) is 9.80 Å². The summed E-state index contributed by atoms with van der Waals surface area (Å²) in [4.78, 5) is 5.05. The van der Waals surface area contributed by atoms with E-state index in [1.165, 1.54) is 67.0 Å². The standard InChI is InChI=1S/C57H47BN2O2/c1-34-29-48-55-49(30-34)60(47-15-12-18-53-54(47)41-14-9-11-17-51(41)62-53)46-27-23-38(57(5,6)7)33-44(46)58(55)43-32-37(56(2,3)4)22-26-45(43)59(48)39-24-19-35(20-25-39)36-21-28-52-42(31-36)40-13-8-10-16-50(40)61-52/h8-33H,1-7H3. The van der Waals surface area contributed by atoms with Gasteiger partial charge in [0.15, 0.2) is 0 Å². The number of benzene rings is 8. The first-order valence-electron chi connectivity index (χ1n) is 21.9. The smallest absolute Gasteiger partial charge is 0.252 e. The van der Waals surface area contributed by atoms with E-state index in [0.717, 1.165) is 55.3 Å². The number of nitrogens with zero attached hydrogens (tertiary/aromatic N) is 2. The van der Waals surface area contributed by atoms with E-state index in [0.29, 0.717) is 0 Å². The molecule has 62 heavy (non-hydrogen) atoms. The van der Waals surface area contributed by atoms with Crippen LogP contribution >= 0.6 is 0 Å². The van der Waals surface area contributed by atoms with Crippen molar-refractivity contribution in [1.29, 1.82) is 0 Å². The first kappa shape index (κ1) is 36.8. The zero-order valence-corrected chi connectivity index (χ0v) is 36.3. The summed E-state index contributed by atoms with van der Waals surface area (Å²) in [6.45, 7) is 16.2. The molecule has 0 saturated heterocycles. The van der Waals surface area contributed by atoms with Crippen molar-refractivity contribution in [3.8, 4) is 11.1 Å². The number of anilines is 6. The predicted octanol–water partition coefficient (Wildman–Crippen LogP) is 14.1. The third-order valence-corrected chi connectivity index (χ3v) is 13.4. The Morgan fingerprint density at radius 2 is 0.968 bits per heavy atom. The fraction of sp³-hybridized carbons (Fsp3) is 0.158. The summed E-state index contributed by atoms with van der Waals surface area (Å²) in [5, 5.41) is 4.53. The van der Waals surface area contributed by atoms with Crippen molar-refractivity contribution in [3.63, 3.8) is 0 Å². The molecule has 2 aromatic heterocycles. The highest BCUT2D eigenvalue weighted by atomic mass is 16.3. The fourth-order valence-corrected chi connectivity index (χ4v) is 10.3. The van der Waals surface area contributed by atoms with Crippen LogP contribution in [0.1, 0.15) is 58.2 Å². The van der Waals surface area contributed by atoms with Crippen LogP contribution in [0.2, 0.25) is 0 Å². The van der Waals surface area contributed by atoms with Gasteiger partial charge in [-0.3, -0.25) is 0 Å². The topological polar surface area (TPSA) is 32.8 Å². The summed E-state index contributed by atoms with van der Waals surface area (Å²) < 4.78 is 12.7. The molecule has 8 aromatic carbocycles. The van der Waals surface area contributed by atoms with E-state index in [-0.39, 0.29) is 17.5 Å². The van der Waals surface area contributed by atoms with E-state index < -0.39 is 0 Å². The fourth-order valence-electron chi connectivity index (χ4n) is 10.3. The molecule has 0 amide bonds. The molecule has 2 aliphatic heterocycles. The third-order valence-electron chi connectivity index (χ3n) is 13.4. The van der Waals surface area contributed by atoms with E-state index in [1.807, 2.05) is 12.1 Å². The van der Waals surface area contributed by atoms with Crippen molar-refractivity contribution in [2.24, 2.45) is 0 Å². The first-order chi connectivity index (χ1) is 29.9. The maximum Gasteiger partial charge on any atom is 0.252 e. The van der Waals surface area contributed by atoms with Crippen LogP contribution in [0.3, 0.4) is 0 Å². The van der Waals surface area contributed by atoms with Crippen molar-refractivity contribution in [2.45, 2.75) is 59.3 Å². The lowest BCUT2D eigenvalue weighted by molar-refractivity contribution is 0.590. The van der Waals surface area contributed by atoms with Crippen LogP contribution in [0.25, 0.3) is 55.0 Å². The number of rotatable bonds is 3. The second kappa shape index (κ2) is 13.0. The lowest BCUT2D eigenvalue weighted by atomic mass is 9.33. The molecule has 10 aromatic rings. The zero-order chi connectivity index (χ0) is 42.2. The van der Waals surface area contributed by atoms with Crippen LogP contribution in [0.4, 0.5) is 34.1 Å². The van der Waals surface area contributed by atoms with Crippen LogP contribution < -0.4 is 26.2 Å². The Kier molecular flexibility index (Phi) is 7.73. The molecule has 0 N–H and O–H groups in total. The van der Waals surface area contributed by atoms with Gasteiger partial charge in [-0.25, -0.2) is 0 Å². The van der Waals surface area contributed by atoms with Gasteiger partial charge in [0.05, 0.1) is 11.1 Å². The average molecular weight is 803 g/mol. The average Bonchev–Trinajstić information content (AvgIpc) is 3.84. The van der Waals surface area contributed by atoms with Crippen molar-refractivity contribution >= 4 is 101 Å². The summed E-state index contributed by atoms with van der Waals surface area (Å²) in [5.41, 5.74) is 20.8. The highest BCUT2D eigenvalue weighted by molar-refractivity contribution is 7.00. The van der Waals surface area contributed by atoms with E-state index in [1.54, 1.807) is 0 Å². The molecular formula is C57H47BN2O2. The van der Waals surface area contributed by atoms with E-state index >= 15 is 0 Å². The second-order valence-corrected chi connectivity index (χ2v) is 19.5. The Morgan fingerprint density at radius 3 is 1.65 bits per heavy atom. The van der Waals surface area contributed by atoms with E-state index in [2.05, 4.69) is 204 Å². The normalized spacial score (nSPS) is 13.6. The van der Waals surface area contributed by atoms with Gasteiger partial charge in [0, 0.05) is 44.6 Å². The van der Waals surface area contributed by atoms with Crippen LogP contribution in [0.5, 0.6) is 0 Å². The molecule has 300 valence electrons. The lowest BCUT2D eigenvalue weighted by Crippen LogP contribution is -2.61. The largest absolute Gasteiger partial charge is 0.456 e. The van der Waals surface area contributed by atoms with E-state index in [4.69, 9.17) is 8.83 Å². The SMILES string of the molecule is Cc1cc2c3c(c1)N(c1cccc4oc5ccccc5c14)c1ccc(C(C)(C)C)cc1B3c1cc(C(C)(C)C)ccc1N2c1ccc(-c2ccc3oc4ccccc4c3c2)cc1. The molecule has 0 saturated carbocycles. The van der Waals surface area contributed by atoms with Gasteiger partial charge in [-0.05, 0) is 135 Å². The maximum atomic E-state index is 6.53. The summed E-state index contributed by atoms with van der Waals surface area (Å²) in [7, 11) is 0. The molecule has 0 aliphatic carbocycles. The van der Waals surface area contributed by atoms with Gasteiger partial charge in [-0.2, -0.15) is 0 Å². The van der Waals surface area contributed by atoms with Gasteiger partial charge in [0.2, 0.25) is 0 Å². The molecule has 12 rings (SSSR count). The molecule has 0 fully saturated rings. The summed E-state index contributed by atoms with van der Waals surface area (Å²) >= 11 is 0. The number of para-hydroxylation sites is 2. The zero-order valence-electron chi connectivity index (χ0n) is 36.3. The van der Waals surface area contributed by atoms with E-state index in [9.17, 15) is 0 Å². The Hall–Kier alpha value is -6.98. The van der Waals surface area contributed by atoms with Crippen LogP contribution in [0.15, 0.2) is 167 Å². The number of aryl methyl sites for hydroxylation is 1. The minimum absolute atomic E-state index is 0.0128. The number of hydrogen-bond acceptors (Lipinski definition) is 4. The number of hydrogen-bond donors (Lipinski definition) is 0. The summed E-state index contributed by atoms with van der Waals surface area (Å²) in [6, 6.07) is 58.2. The second-order valence-electron chi connectivity index (χ2n) is 19.5. The highest BCUT2D eigenvalue weighted by Crippen LogP contribution is 2.48. The quantitative estimate of drug-likeness (QED) is 0.167. The van der Waals surface area contributed by atoms with Gasteiger partial charge in [-0.15, -0.1) is 0 Å². The van der Waals surface area contributed by atoms with Crippen LogP contribution in [-0.4, -0.2) is 6.71 Å². The molecule has 0 spiro atoms. The van der Waals surface area contributed by atoms with Crippen molar-refractivity contribution in [3.05, 3.63) is 174 Å². The highest BCUT2D eigenvalue weighted by Gasteiger charge is 2.44. The summed E-state index contributed by atoms with van der Waals surface area (Å²) in [6.07, 6.45) is 0. The maximum absolute atomic E-state index is 6.53. The molecule has 0 atom stereocenters. The predicted molar refractivity (Wildman–Crippen MR) is 263 cm³/mol. The van der Waals surface area contributed by atoms with Gasteiger partial charge in [0.25, 0.3) is 6.71 Å². The van der Waals surface area contributed by atoms with Crippen LogP contribution in [-0.2, 0) is 10.8 Å². The number of fused-ring (bicyclic) bond motifs is 10. The molecular weight excluding hydrogens is 755 g/mol. The van der Waals surface area contributed by atoms with Crippen molar-refractivity contribution in [1.82, 2.24) is 0 Å². The Bertz CT molecular complexity index is 3470. The molecule has 4 heterocycles. The Balaban J connectivity index is 1.11. The Labute approximate surface area is 363 Å². The van der Waals surface area contributed by atoms with Crippen molar-refractivity contribution < 1.29 is 8.83 Å². The van der Waals surface area contributed by atoms with Gasteiger partial charge in [-0.1, -0.05) is 126 Å². The minimum atomic E-state index is -0.0369. The molecule has 0 unspecified atom stereocenters. The van der Waals surface area contributed by atoms with Gasteiger partial charge >= 0.3 is 0 Å². The lowest BCUT2D eigenvalue weighted by Gasteiger charge is -2.45. The molecule has 2 aliphatic rings. The molecule has 0 bridgehead atoms. The number of furan rings is 2. The molecule has 4 nitrogen and oxygen atoms in total. The van der Waals surface area contributed by atoms with Crippen LogP contribution in [0, 0.1) is 6.92 Å². The Morgan fingerprint density at radius 1 is 0.419 bits per heavy atom. The summed E-state index contributed by atoms with van der Waals surface area (Å²) in [5.74, 6) is 0. The molecule has 0 radical (unpaired) electrons. The third kappa shape index (κ3) is 5.47. The minimum Gasteiger partial charge on any atom is -0.456 e. The van der Waals surface area contributed by atoms with Gasteiger partial charge < -0.3 is 18.6 Å². The molecule has 5 heteroatoms. The van der Waals surface area contributed by atoms with Gasteiger partial charge in [0.1, 0.15) is 22.3 Å².